The molecule has 162 valence electrons. The second-order valence-electron chi connectivity index (χ2n) is 8.70. The van der Waals surface area contributed by atoms with Crippen LogP contribution in [-0.4, -0.2) is 67.7 Å². The second kappa shape index (κ2) is 9.24. The molecule has 1 N–H and O–H groups in total. The third kappa shape index (κ3) is 4.38. The Hall–Kier alpha value is -0.640. The minimum Gasteiger partial charge on any atom is -0.377 e. The first kappa shape index (κ1) is 23.0. The van der Waals surface area contributed by atoms with E-state index in [4.69, 9.17) is 16.3 Å². The van der Waals surface area contributed by atoms with Crippen LogP contribution < -0.4 is 5.32 Å². The molecule has 0 spiro atoms. The molecule has 1 aromatic carbocycles. The van der Waals surface area contributed by atoms with E-state index < -0.39 is 0 Å². The number of ether oxygens (including phenoxy) is 1. The van der Waals surface area contributed by atoms with E-state index in [2.05, 4.69) is 34.0 Å². The fourth-order valence-corrected chi connectivity index (χ4v) is 5.30. The predicted octanol–water partition coefficient (Wildman–Crippen LogP) is 3.60. The Balaban J connectivity index is 0.00000240. The van der Waals surface area contributed by atoms with Crippen LogP contribution in [0.5, 0.6) is 0 Å². The van der Waals surface area contributed by atoms with Crippen molar-refractivity contribution in [1.82, 2.24) is 15.1 Å². The number of piperazine rings is 1. The van der Waals surface area contributed by atoms with Crippen LogP contribution in [0, 0.1) is 17.2 Å². The first-order valence-corrected chi connectivity index (χ1v) is 10.5. The number of nitrogens with zero attached hydrogens (tertiary/aromatic N) is 3. The van der Waals surface area contributed by atoms with Gasteiger partial charge in [-0.15, -0.1) is 24.0 Å². The highest BCUT2D eigenvalue weighted by molar-refractivity contribution is 14.0. The van der Waals surface area contributed by atoms with Gasteiger partial charge in [-0.3, -0.25) is 9.89 Å². The quantitative estimate of drug-likeness (QED) is 0.364. The van der Waals surface area contributed by atoms with Crippen LogP contribution in [0.2, 0.25) is 5.02 Å². The van der Waals surface area contributed by atoms with Gasteiger partial charge in [-0.2, -0.15) is 0 Å². The molecule has 0 aromatic heterocycles. The number of aliphatic imine (C=N–C) groups is 1. The Morgan fingerprint density at radius 1 is 1.31 bits per heavy atom. The molecule has 3 unspecified atom stereocenters. The third-order valence-corrected chi connectivity index (χ3v) is 7.07. The van der Waals surface area contributed by atoms with Crippen LogP contribution in [0.25, 0.3) is 0 Å². The molecule has 2 heterocycles. The van der Waals surface area contributed by atoms with Gasteiger partial charge < -0.3 is 15.0 Å². The van der Waals surface area contributed by atoms with Gasteiger partial charge >= 0.3 is 0 Å². The van der Waals surface area contributed by atoms with E-state index in [-0.39, 0.29) is 35.2 Å². The molecule has 3 atom stereocenters. The van der Waals surface area contributed by atoms with E-state index in [0.717, 1.165) is 45.2 Å². The van der Waals surface area contributed by atoms with E-state index in [9.17, 15) is 4.39 Å². The summed E-state index contributed by atoms with van der Waals surface area (Å²) in [5.41, 5.74) is 0.712. The zero-order valence-electron chi connectivity index (χ0n) is 17.3. The highest BCUT2D eigenvalue weighted by atomic mass is 127. The summed E-state index contributed by atoms with van der Waals surface area (Å²) in [6, 6.07) is 5.27. The van der Waals surface area contributed by atoms with Gasteiger partial charge in [-0.05, 0) is 18.6 Å². The summed E-state index contributed by atoms with van der Waals surface area (Å²) in [5.74, 6) is 1.32. The average molecular weight is 537 g/mol. The van der Waals surface area contributed by atoms with Crippen molar-refractivity contribution in [2.75, 3.05) is 39.8 Å². The van der Waals surface area contributed by atoms with Gasteiger partial charge in [0.2, 0.25) is 0 Å². The summed E-state index contributed by atoms with van der Waals surface area (Å²) in [6.45, 7) is 9.41. The fourth-order valence-electron chi connectivity index (χ4n) is 5.08. The number of benzene rings is 1. The molecule has 1 aromatic rings. The van der Waals surface area contributed by atoms with Crippen molar-refractivity contribution >= 4 is 41.5 Å². The summed E-state index contributed by atoms with van der Waals surface area (Å²) in [6.07, 6.45) is 1.49. The number of halogens is 3. The monoisotopic (exact) mass is 536 g/mol. The molecule has 0 radical (unpaired) electrons. The van der Waals surface area contributed by atoms with Crippen LogP contribution >= 0.6 is 35.6 Å². The maximum atomic E-state index is 14.1. The summed E-state index contributed by atoms with van der Waals surface area (Å²) < 4.78 is 20.0. The normalized spacial score (nSPS) is 29.1. The van der Waals surface area contributed by atoms with Crippen LogP contribution in [0.3, 0.4) is 0 Å². The van der Waals surface area contributed by atoms with Gasteiger partial charge in [0.05, 0.1) is 6.10 Å². The van der Waals surface area contributed by atoms with Crippen molar-refractivity contribution in [2.45, 2.75) is 39.0 Å². The Morgan fingerprint density at radius 2 is 2.03 bits per heavy atom. The Morgan fingerprint density at radius 3 is 2.69 bits per heavy atom. The molecule has 3 aliphatic rings. The maximum Gasteiger partial charge on any atom is 0.193 e. The summed E-state index contributed by atoms with van der Waals surface area (Å²) in [5, 5.41) is 4.21. The standard InChI is InChI=1S/C21H30ClFN4O.HI/c1-21(2)18(14-7-12-28-19(14)21)25-20(24-3)27-10-8-26(9-11-27)13-15-16(22)5-4-6-17(15)23;/h4-6,14,18-19H,7-13H2,1-3H3,(H,24,25);1H. The molecular formula is C21H31ClFIN4O. The number of rotatable bonds is 3. The molecule has 2 saturated heterocycles. The van der Waals surface area contributed by atoms with E-state index in [1.807, 2.05) is 7.05 Å². The highest BCUT2D eigenvalue weighted by Crippen LogP contribution is 2.52. The topological polar surface area (TPSA) is 40.1 Å². The zero-order valence-corrected chi connectivity index (χ0v) is 20.4. The number of hydrogen-bond donors (Lipinski definition) is 1. The molecule has 3 fully saturated rings. The SMILES string of the molecule is CN=C(NC1C2CCOC2C1(C)C)N1CCN(Cc2c(F)cccc2Cl)CC1.I. The molecule has 1 saturated carbocycles. The fraction of sp³-hybridized carbons (Fsp3) is 0.667. The van der Waals surface area contributed by atoms with Crippen LogP contribution in [0.4, 0.5) is 4.39 Å². The molecule has 0 bridgehead atoms. The number of guanidine groups is 1. The number of fused-ring (bicyclic) bond motifs is 1. The second-order valence-corrected chi connectivity index (χ2v) is 9.11. The number of hydrogen-bond acceptors (Lipinski definition) is 3. The van der Waals surface area contributed by atoms with Gasteiger partial charge in [-0.1, -0.05) is 31.5 Å². The van der Waals surface area contributed by atoms with Crippen molar-refractivity contribution < 1.29 is 9.13 Å². The first-order chi connectivity index (χ1) is 13.4. The third-order valence-electron chi connectivity index (χ3n) is 6.71. The summed E-state index contributed by atoms with van der Waals surface area (Å²) >= 11 is 6.18. The van der Waals surface area contributed by atoms with Gasteiger partial charge in [-0.25, -0.2) is 4.39 Å². The largest absolute Gasteiger partial charge is 0.377 e. The van der Waals surface area contributed by atoms with E-state index >= 15 is 0 Å². The molecule has 2 aliphatic heterocycles. The van der Waals surface area contributed by atoms with Crippen molar-refractivity contribution in [3.63, 3.8) is 0 Å². The lowest BCUT2D eigenvalue weighted by molar-refractivity contribution is -0.107. The number of nitrogens with one attached hydrogen (secondary N) is 1. The predicted molar refractivity (Wildman–Crippen MR) is 126 cm³/mol. The minimum atomic E-state index is -0.229. The first-order valence-electron chi connectivity index (χ1n) is 10.2. The molecule has 5 nitrogen and oxygen atoms in total. The van der Waals surface area contributed by atoms with Crippen LogP contribution in [-0.2, 0) is 11.3 Å². The average Bonchev–Trinajstić information content (AvgIpc) is 3.13. The van der Waals surface area contributed by atoms with E-state index in [1.54, 1.807) is 12.1 Å². The lowest BCUT2D eigenvalue weighted by Crippen LogP contribution is -2.68. The minimum absolute atomic E-state index is 0. The van der Waals surface area contributed by atoms with Gasteiger partial charge in [0.15, 0.2) is 5.96 Å². The van der Waals surface area contributed by atoms with Gasteiger partial charge in [0.25, 0.3) is 0 Å². The van der Waals surface area contributed by atoms with E-state index in [1.165, 1.54) is 6.07 Å². The highest BCUT2D eigenvalue weighted by Gasteiger charge is 2.59. The van der Waals surface area contributed by atoms with Crippen molar-refractivity contribution in [2.24, 2.45) is 16.3 Å². The van der Waals surface area contributed by atoms with E-state index in [0.29, 0.717) is 35.2 Å². The van der Waals surface area contributed by atoms with Gasteiger partial charge in [0.1, 0.15) is 5.82 Å². The molecular weight excluding hydrogens is 506 g/mol. The Bertz CT molecular complexity index is 734. The molecule has 29 heavy (non-hydrogen) atoms. The summed E-state index contributed by atoms with van der Waals surface area (Å²) in [4.78, 5) is 9.10. The molecule has 4 rings (SSSR count). The van der Waals surface area contributed by atoms with Crippen molar-refractivity contribution in [3.05, 3.63) is 34.6 Å². The van der Waals surface area contributed by atoms with Crippen molar-refractivity contribution in [1.29, 1.82) is 0 Å². The Labute approximate surface area is 195 Å². The van der Waals surface area contributed by atoms with Gasteiger partial charge in [0, 0.05) is 74.3 Å². The van der Waals surface area contributed by atoms with Crippen LogP contribution in [0.15, 0.2) is 23.2 Å². The summed E-state index contributed by atoms with van der Waals surface area (Å²) in [7, 11) is 1.85. The smallest absolute Gasteiger partial charge is 0.193 e. The maximum absolute atomic E-state index is 14.1. The molecule has 0 amide bonds. The molecule has 1 aliphatic carbocycles. The van der Waals surface area contributed by atoms with Crippen molar-refractivity contribution in [3.8, 4) is 0 Å². The Kier molecular flexibility index (Phi) is 7.34. The lowest BCUT2D eigenvalue weighted by Gasteiger charge is -2.55. The lowest BCUT2D eigenvalue weighted by atomic mass is 9.57. The van der Waals surface area contributed by atoms with Crippen LogP contribution in [0.1, 0.15) is 25.8 Å². The molecule has 8 heteroatoms. The zero-order chi connectivity index (χ0) is 19.9.